The van der Waals surface area contributed by atoms with Crippen molar-refractivity contribution in [3.63, 3.8) is 0 Å². The Morgan fingerprint density at radius 2 is 1.85 bits per heavy atom. The zero-order chi connectivity index (χ0) is 19.6. The van der Waals surface area contributed by atoms with Gasteiger partial charge in [0.2, 0.25) is 5.78 Å². The van der Waals surface area contributed by atoms with Gasteiger partial charge in [-0.3, -0.25) is 9.59 Å². The zero-order valence-electron chi connectivity index (χ0n) is 15.6. The second-order valence-electron chi connectivity index (χ2n) is 6.18. The summed E-state index contributed by atoms with van der Waals surface area (Å²) in [5.74, 6) is 0.507. The first-order valence-corrected chi connectivity index (χ1v) is 8.45. The molecular formula is C19H20N4O4. The average Bonchev–Trinajstić information content (AvgIpc) is 3.03. The molecule has 8 nitrogen and oxygen atoms in total. The molecule has 0 amide bonds. The number of Topliss-reactive ketones (excluding diaryl/α,β-unsaturated/α-hetero) is 1. The number of hydrogen-bond donors (Lipinski definition) is 0. The van der Waals surface area contributed by atoms with Crippen LogP contribution in [0.5, 0.6) is 5.75 Å². The molecule has 1 unspecified atom stereocenters. The highest BCUT2D eigenvalue weighted by molar-refractivity contribution is 6.00. The summed E-state index contributed by atoms with van der Waals surface area (Å²) in [6.45, 7) is 5.28. The third-order valence-electron chi connectivity index (χ3n) is 4.02. The van der Waals surface area contributed by atoms with Crippen LogP contribution in [0.3, 0.4) is 0 Å². The van der Waals surface area contributed by atoms with Crippen molar-refractivity contribution in [3.05, 3.63) is 53.1 Å². The van der Waals surface area contributed by atoms with Crippen molar-refractivity contribution in [3.8, 4) is 5.75 Å². The summed E-state index contributed by atoms with van der Waals surface area (Å²) in [6.07, 6.45) is -1.05. The molecule has 2 heterocycles. The van der Waals surface area contributed by atoms with E-state index in [-0.39, 0.29) is 12.2 Å². The van der Waals surface area contributed by atoms with Crippen LogP contribution >= 0.6 is 0 Å². The number of benzene rings is 1. The SMILES string of the molecule is COc1ccc(C(=O)C(C)OC(=O)Cc2nc3nc(C)cc(C)n3n2)cc1. The lowest BCUT2D eigenvalue weighted by molar-refractivity contribution is -0.145. The third-order valence-corrected chi connectivity index (χ3v) is 4.02. The van der Waals surface area contributed by atoms with Crippen molar-refractivity contribution in [1.29, 1.82) is 0 Å². The van der Waals surface area contributed by atoms with Gasteiger partial charge in [0.25, 0.3) is 5.78 Å². The fourth-order valence-corrected chi connectivity index (χ4v) is 2.69. The molecule has 0 saturated carbocycles. The molecule has 0 spiro atoms. The number of carbonyl (C=O) groups is 2. The molecule has 2 aromatic heterocycles. The number of nitrogens with zero attached hydrogens (tertiary/aromatic N) is 4. The van der Waals surface area contributed by atoms with Crippen LogP contribution in [0.25, 0.3) is 5.78 Å². The number of rotatable bonds is 6. The van der Waals surface area contributed by atoms with E-state index in [1.54, 1.807) is 35.9 Å². The van der Waals surface area contributed by atoms with Crippen molar-refractivity contribution in [2.45, 2.75) is 33.3 Å². The lowest BCUT2D eigenvalue weighted by atomic mass is 10.1. The molecule has 0 radical (unpaired) electrons. The Bertz CT molecular complexity index is 995. The summed E-state index contributed by atoms with van der Waals surface area (Å²) in [7, 11) is 1.55. The van der Waals surface area contributed by atoms with Gasteiger partial charge in [0, 0.05) is 17.0 Å². The van der Waals surface area contributed by atoms with Gasteiger partial charge < -0.3 is 9.47 Å². The van der Waals surface area contributed by atoms with Crippen molar-refractivity contribution in [2.75, 3.05) is 7.11 Å². The van der Waals surface area contributed by atoms with E-state index >= 15 is 0 Å². The average molecular weight is 368 g/mol. The van der Waals surface area contributed by atoms with Gasteiger partial charge in [-0.15, -0.1) is 5.10 Å². The van der Waals surface area contributed by atoms with Crippen LogP contribution in [-0.2, 0) is 16.0 Å². The summed E-state index contributed by atoms with van der Waals surface area (Å²) >= 11 is 0. The molecule has 27 heavy (non-hydrogen) atoms. The Labute approximate surface area is 156 Å². The van der Waals surface area contributed by atoms with E-state index in [0.29, 0.717) is 22.9 Å². The van der Waals surface area contributed by atoms with Crippen molar-refractivity contribution < 1.29 is 19.1 Å². The predicted octanol–water partition coefficient (Wildman–Crippen LogP) is 2.11. The lowest BCUT2D eigenvalue weighted by Crippen LogP contribution is -2.25. The van der Waals surface area contributed by atoms with Crippen LogP contribution in [0.1, 0.15) is 34.5 Å². The van der Waals surface area contributed by atoms with Crippen LogP contribution in [0, 0.1) is 13.8 Å². The summed E-state index contributed by atoms with van der Waals surface area (Å²) in [4.78, 5) is 33.1. The number of aromatic nitrogens is 4. The fourth-order valence-electron chi connectivity index (χ4n) is 2.69. The fraction of sp³-hybridized carbons (Fsp3) is 0.316. The molecule has 1 atom stereocenters. The highest BCUT2D eigenvalue weighted by Crippen LogP contribution is 2.14. The van der Waals surface area contributed by atoms with Gasteiger partial charge in [-0.25, -0.2) is 9.50 Å². The number of ether oxygens (including phenoxy) is 2. The highest BCUT2D eigenvalue weighted by Gasteiger charge is 2.21. The highest BCUT2D eigenvalue weighted by atomic mass is 16.5. The number of hydrogen-bond acceptors (Lipinski definition) is 7. The van der Waals surface area contributed by atoms with E-state index in [4.69, 9.17) is 9.47 Å². The van der Waals surface area contributed by atoms with Gasteiger partial charge >= 0.3 is 5.97 Å². The van der Waals surface area contributed by atoms with Crippen LogP contribution in [0.2, 0.25) is 0 Å². The van der Waals surface area contributed by atoms with Crippen LogP contribution in [-0.4, -0.2) is 44.5 Å². The van der Waals surface area contributed by atoms with Gasteiger partial charge in [-0.1, -0.05) is 0 Å². The molecule has 0 N–H and O–H groups in total. The standard InChI is InChI=1S/C19H20N4O4/c1-11-9-12(2)23-19(20-11)21-16(22-23)10-17(24)27-13(3)18(25)14-5-7-15(26-4)8-6-14/h5-9,13H,10H2,1-4H3. The molecule has 0 aliphatic carbocycles. The number of methoxy groups -OCH3 is 1. The van der Waals surface area contributed by atoms with Crippen molar-refractivity contribution in [1.82, 2.24) is 19.6 Å². The molecule has 8 heteroatoms. The first kappa shape index (κ1) is 18.5. The van der Waals surface area contributed by atoms with Gasteiger partial charge in [-0.05, 0) is 51.1 Å². The van der Waals surface area contributed by atoms with Gasteiger partial charge in [0.15, 0.2) is 11.9 Å². The van der Waals surface area contributed by atoms with Crippen molar-refractivity contribution >= 4 is 17.5 Å². The third kappa shape index (κ3) is 4.11. The molecule has 0 fully saturated rings. The Morgan fingerprint density at radius 1 is 1.15 bits per heavy atom. The summed E-state index contributed by atoms with van der Waals surface area (Å²) in [5.41, 5.74) is 2.13. The normalized spacial score (nSPS) is 12.0. The van der Waals surface area contributed by atoms with Crippen LogP contribution < -0.4 is 4.74 Å². The van der Waals surface area contributed by atoms with E-state index in [0.717, 1.165) is 11.4 Å². The first-order chi connectivity index (χ1) is 12.9. The van der Waals surface area contributed by atoms with Crippen LogP contribution in [0.4, 0.5) is 0 Å². The molecule has 3 aromatic rings. The largest absolute Gasteiger partial charge is 0.497 e. The minimum Gasteiger partial charge on any atom is -0.497 e. The maximum absolute atomic E-state index is 12.4. The molecule has 0 bridgehead atoms. The molecule has 0 aliphatic heterocycles. The minimum absolute atomic E-state index is 0.137. The van der Waals surface area contributed by atoms with E-state index < -0.39 is 12.1 Å². The Hall–Kier alpha value is -3.29. The molecule has 1 aromatic carbocycles. The number of esters is 1. The van der Waals surface area contributed by atoms with Crippen LogP contribution in [0.15, 0.2) is 30.3 Å². The number of fused-ring (bicyclic) bond motifs is 1. The van der Waals surface area contributed by atoms with E-state index in [2.05, 4.69) is 15.1 Å². The van der Waals surface area contributed by atoms with E-state index in [1.165, 1.54) is 6.92 Å². The van der Waals surface area contributed by atoms with Crippen molar-refractivity contribution in [2.24, 2.45) is 0 Å². The maximum atomic E-state index is 12.4. The number of carbonyl (C=O) groups excluding carboxylic acids is 2. The molecule has 140 valence electrons. The Balaban J connectivity index is 1.66. The lowest BCUT2D eigenvalue weighted by Gasteiger charge is -2.12. The number of aryl methyl sites for hydroxylation is 2. The smallest absolute Gasteiger partial charge is 0.314 e. The topological polar surface area (TPSA) is 95.7 Å². The molecule has 0 saturated heterocycles. The molecule has 0 aliphatic rings. The summed E-state index contributed by atoms with van der Waals surface area (Å²) in [5, 5.41) is 4.27. The second-order valence-corrected chi connectivity index (χ2v) is 6.18. The summed E-state index contributed by atoms with van der Waals surface area (Å²) < 4.78 is 11.9. The zero-order valence-corrected chi connectivity index (χ0v) is 15.6. The monoisotopic (exact) mass is 368 g/mol. The maximum Gasteiger partial charge on any atom is 0.314 e. The Morgan fingerprint density at radius 3 is 2.52 bits per heavy atom. The number of ketones is 1. The predicted molar refractivity (Wildman–Crippen MR) is 96.8 cm³/mol. The second kappa shape index (κ2) is 7.53. The van der Waals surface area contributed by atoms with E-state index in [1.807, 2.05) is 19.9 Å². The van der Waals surface area contributed by atoms with Gasteiger partial charge in [0.1, 0.15) is 12.2 Å². The Kier molecular flexibility index (Phi) is 5.16. The van der Waals surface area contributed by atoms with Gasteiger partial charge in [0.05, 0.1) is 7.11 Å². The molecule has 3 rings (SSSR count). The van der Waals surface area contributed by atoms with E-state index in [9.17, 15) is 9.59 Å². The quantitative estimate of drug-likeness (QED) is 0.486. The minimum atomic E-state index is -0.912. The van der Waals surface area contributed by atoms with Gasteiger partial charge in [-0.2, -0.15) is 4.98 Å². The molecular weight excluding hydrogens is 348 g/mol. The summed E-state index contributed by atoms with van der Waals surface area (Å²) in [6, 6.07) is 8.50. The first-order valence-electron chi connectivity index (χ1n) is 8.45.